The molecule has 0 bridgehead atoms. The first-order chi connectivity index (χ1) is 9.13. The van der Waals surface area contributed by atoms with Gasteiger partial charge in [-0.2, -0.15) is 0 Å². The Kier molecular flexibility index (Phi) is 4.90. The predicted molar refractivity (Wildman–Crippen MR) is 75.9 cm³/mol. The lowest BCUT2D eigenvalue weighted by molar-refractivity contribution is 0.0700. The van der Waals surface area contributed by atoms with Crippen molar-refractivity contribution in [2.24, 2.45) is 0 Å². The molecule has 19 heavy (non-hydrogen) atoms. The average molecular weight is 283 g/mol. The molecule has 0 amide bonds. The number of nitrogens with one attached hydrogen (secondary N) is 1. The second-order valence-electron chi connectivity index (χ2n) is 4.85. The fraction of sp³-hybridized carbons (Fsp3) is 0.692. The molecule has 2 N–H and O–H groups in total. The summed E-state index contributed by atoms with van der Waals surface area (Å²) in [6.45, 7) is 8.13. The number of hydrogen-bond donors (Lipinski definition) is 2. The van der Waals surface area contributed by atoms with Crippen LogP contribution in [0.2, 0.25) is 0 Å². The summed E-state index contributed by atoms with van der Waals surface area (Å²) in [7, 11) is 0. The summed E-state index contributed by atoms with van der Waals surface area (Å²) in [5.74, 6) is -0.847. The minimum atomic E-state index is -0.847. The van der Waals surface area contributed by atoms with E-state index < -0.39 is 5.97 Å². The van der Waals surface area contributed by atoms with E-state index in [9.17, 15) is 9.90 Å². The molecular weight excluding hydrogens is 262 g/mol. The van der Waals surface area contributed by atoms with Gasteiger partial charge >= 0.3 is 5.97 Å². The molecule has 2 rings (SSSR count). The Morgan fingerprint density at radius 2 is 2.21 bits per heavy atom. The predicted octanol–water partition coefficient (Wildman–Crippen LogP) is 1.76. The van der Waals surface area contributed by atoms with Gasteiger partial charge in [-0.25, -0.2) is 9.78 Å². The first-order valence-corrected chi connectivity index (χ1v) is 7.62. The average Bonchev–Trinajstić information content (AvgIpc) is 2.83. The van der Waals surface area contributed by atoms with E-state index in [1.165, 1.54) is 11.3 Å². The van der Waals surface area contributed by atoms with E-state index in [-0.39, 0.29) is 6.04 Å². The van der Waals surface area contributed by atoms with Crippen LogP contribution in [0.4, 0.5) is 0 Å². The highest BCUT2D eigenvalue weighted by molar-refractivity contribution is 7.13. The van der Waals surface area contributed by atoms with E-state index in [4.69, 9.17) is 0 Å². The van der Waals surface area contributed by atoms with Crippen LogP contribution >= 0.6 is 11.3 Å². The van der Waals surface area contributed by atoms with Crippen LogP contribution in [0.1, 0.15) is 46.7 Å². The first kappa shape index (κ1) is 14.4. The molecule has 0 radical (unpaired) electrons. The second kappa shape index (κ2) is 6.45. The van der Waals surface area contributed by atoms with E-state index in [1.54, 1.807) is 0 Å². The summed E-state index contributed by atoms with van der Waals surface area (Å²) in [5.41, 5.74) is 0.747. The number of nitrogens with zero attached hydrogens (tertiary/aromatic N) is 2. The van der Waals surface area contributed by atoms with Crippen LogP contribution < -0.4 is 5.32 Å². The number of thiazole rings is 1. The number of aryl methyl sites for hydroxylation is 1. The molecule has 1 fully saturated rings. The zero-order valence-corrected chi connectivity index (χ0v) is 12.3. The lowest BCUT2D eigenvalue weighted by Crippen LogP contribution is -2.44. The SMILES string of the molecule is CCCc1nc(C(C)N2CCNCC2)sc1C(=O)O. The van der Waals surface area contributed by atoms with Crippen molar-refractivity contribution in [3.05, 3.63) is 15.6 Å². The van der Waals surface area contributed by atoms with Crippen molar-refractivity contribution < 1.29 is 9.90 Å². The van der Waals surface area contributed by atoms with Gasteiger partial charge in [0.05, 0.1) is 11.7 Å². The highest BCUT2D eigenvalue weighted by Crippen LogP contribution is 2.28. The molecule has 106 valence electrons. The Morgan fingerprint density at radius 1 is 1.53 bits per heavy atom. The van der Waals surface area contributed by atoms with E-state index in [0.717, 1.165) is 49.7 Å². The normalized spacial score (nSPS) is 18.4. The maximum absolute atomic E-state index is 11.3. The molecule has 1 saturated heterocycles. The highest BCUT2D eigenvalue weighted by Gasteiger charge is 2.24. The minimum Gasteiger partial charge on any atom is -0.477 e. The standard InChI is InChI=1S/C13H21N3O2S/c1-3-4-10-11(13(17)18)19-12(15-10)9(2)16-7-5-14-6-8-16/h9,14H,3-8H2,1-2H3,(H,17,18). The van der Waals surface area contributed by atoms with Gasteiger partial charge in [0.1, 0.15) is 9.88 Å². The summed E-state index contributed by atoms with van der Waals surface area (Å²) < 4.78 is 0. The Morgan fingerprint density at radius 3 is 2.79 bits per heavy atom. The van der Waals surface area contributed by atoms with Crippen LogP contribution in [0.25, 0.3) is 0 Å². The van der Waals surface area contributed by atoms with Gasteiger partial charge < -0.3 is 10.4 Å². The monoisotopic (exact) mass is 283 g/mol. The lowest BCUT2D eigenvalue weighted by atomic mass is 10.2. The third-order valence-electron chi connectivity index (χ3n) is 3.45. The van der Waals surface area contributed by atoms with Gasteiger partial charge in [-0.3, -0.25) is 4.90 Å². The molecule has 0 aliphatic carbocycles. The first-order valence-electron chi connectivity index (χ1n) is 6.81. The fourth-order valence-corrected chi connectivity index (χ4v) is 3.39. The number of carboxylic acid groups (broad SMARTS) is 1. The third-order valence-corrected chi connectivity index (χ3v) is 4.71. The van der Waals surface area contributed by atoms with Crippen molar-refractivity contribution >= 4 is 17.3 Å². The molecule has 6 heteroatoms. The maximum Gasteiger partial charge on any atom is 0.347 e. The quantitative estimate of drug-likeness (QED) is 0.862. The molecular formula is C13H21N3O2S. The Balaban J connectivity index is 2.18. The Hall–Kier alpha value is -0.980. The zero-order valence-electron chi connectivity index (χ0n) is 11.5. The molecule has 0 spiro atoms. The van der Waals surface area contributed by atoms with E-state index in [2.05, 4.69) is 22.1 Å². The molecule has 0 saturated carbocycles. The number of piperazine rings is 1. The van der Waals surface area contributed by atoms with Crippen molar-refractivity contribution in [1.82, 2.24) is 15.2 Å². The summed E-state index contributed by atoms with van der Waals surface area (Å²) in [6, 6.07) is 0.204. The molecule has 2 heterocycles. The van der Waals surface area contributed by atoms with Crippen LogP contribution in [-0.4, -0.2) is 47.1 Å². The summed E-state index contributed by atoms with van der Waals surface area (Å²) >= 11 is 1.34. The molecule has 5 nitrogen and oxygen atoms in total. The number of aromatic nitrogens is 1. The van der Waals surface area contributed by atoms with E-state index >= 15 is 0 Å². The van der Waals surface area contributed by atoms with Gasteiger partial charge in [-0.15, -0.1) is 11.3 Å². The van der Waals surface area contributed by atoms with Crippen molar-refractivity contribution in [2.45, 2.75) is 32.7 Å². The smallest absolute Gasteiger partial charge is 0.347 e. The van der Waals surface area contributed by atoms with Crippen LogP contribution in [-0.2, 0) is 6.42 Å². The molecule has 1 unspecified atom stereocenters. The van der Waals surface area contributed by atoms with E-state index in [1.807, 2.05) is 6.92 Å². The molecule has 1 aromatic heterocycles. The largest absolute Gasteiger partial charge is 0.477 e. The highest BCUT2D eigenvalue weighted by atomic mass is 32.1. The number of aromatic carboxylic acids is 1. The van der Waals surface area contributed by atoms with Crippen LogP contribution in [0.3, 0.4) is 0 Å². The van der Waals surface area contributed by atoms with E-state index in [0.29, 0.717) is 4.88 Å². The Bertz CT molecular complexity index is 441. The van der Waals surface area contributed by atoms with Crippen molar-refractivity contribution in [2.75, 3.05) is 26.2 Å². The number of carboxylic acids is 1. The number of hydrogen-bond acceptors (Lipinski definition) is 5. The summed E-state index contributed by atoms with van der Waals surface area (Å²) in [6.07, 6.45) is 1.66. The van der Waals surface area contributed by atoms with Gasteiger partial charge in [0.25, 0.3) is 0 Å². The summed E-state index contributed by atoms with van der Waals surface area (Å²) in [4.78, 5) is 18.6. The van der Waals surface area contributed by atoms with Gasteiger partial charge in [0, 0.05) is 26.2 Å². The van der Waals surface area contributed by atoms with Crippen molar-refractivity contribution in [1.29, 1.82) is 0 Å². The zero-order chi connectivity index (χ0) is 13.8. The van der Waals surface area contributed by atoms with Crippen molar-refractivity contribution in [3.63, 3.8) is 0 Å². The molecule has 1 aliphatic heterocycles. The van der Waals surface area contributed by atoms with Gasteiger partial charge in [-0.1, -0.05) is 13.3 Å². The third kappa shape index (κ3) is 3.32. The molecule has 1 atom stereocenters. The maximum atomic E-state index is 11.3. The topological polar surface area (TPSA) is 65.5 Å². The Labute approximate surface area is 117 Å². The van der Waals surface area contributed by atoms with Crippen LogP contribution in [0.5, 0.6) is 0 Å². The fourth-order valence-electron chi connectivity index (χ4n) is 2.35. The van der Waals surface area contributed by atoms with Gasteiger partial charge in [0.15, 0.2) is 0 Å². The van der Waals surface area contributed by atoms with Crippen LogP contribution in [0.15, 0.2) is 0 Å². The summed E-state index contributed by atoms with van der Waals surface area (Å²) in [5, 5.41) is 13.5. The van der Waals surface area contributed by atoms with Gasteiger partial charge in [-0.05, 0) is 13.3 Å². The van der Waals surface area contributed by atoms with Crippen molar-refractivity contribution in [3.8, 4) is 0 Å². The molecule has 0 aromatic carbocycles. The lowest BCUT2D eigenvalue weighted by Gasteiger charge is -2.31. The molecule has 1 aliphatic rings. The van der Waals surface area contributed by atoms with Gasteiger partial charge in [0.2, 0.25) is 0 Å². The second-order valence-corrected chi connectivity index (χ2v) is 5.88. The van der Waals surface area contributed by atoms with Crippen LogP contribution in [0, 0.1) is 0 Å². The number of carbonyl (C=O) groups is 1. The number of rotatable bonds is 5. The minimum absolute atomic E-state index is 0.204. The molecule has 1 aromatic rings.